The van der Waals surface area contributed by atoms with Crippen molar-refractivity contribution in [2.24, 2.45) is 7.05 Å². The molecule has 1 atom stereocenters. The second kappa shape index (κ2) is 5.69. The van der Waals surface area contributed by atoms with E-state index in [1.807, 2.05) is 60.0 Å². The first-order valence-electron chi connectivity index (χ1n) is 7.11. The van der Waals surface area contributed by atoms with Crippen LogP contribution in [-0.2, 0) is 11.8 Å². The molecule has 21 heavy (non-hydrogen) atoms. The van der Waals surface area contributed by atoms with Crippen molar-refractivity contribution in [3.8, 4) is 0 Å². The smallest absolute Gasteiger partial charge is 0.254 e. The summed E-state index contributed by atoms with van der Waals surface area (Å²) < 4.78 is 7.77. The van der Waals surface area contributed by atoms with Crippen molar-refractivity contribution in [1.29, 1.82) is 0 Å². The first kappa shape index (κ1) is 13.8. The Labute approximate surface area is 124 Å². The van der Waals surface area contributed by atoms with Crippen LogP contribution >= 0.6 is 0 Å². The largest absolute Gasteiger partial charge is 0.367 e. The lowest BCUT2D eigenvalue weighted by molar-refractivity contribution is -0.0279. The SMILES string of the molecule is Cc1cn(C)c([C@@H]2CN(C(=O)c3ccccc3)CCO2)n1. The van der Waals surface area contributed by atoms with Crippen molar-refractivity contribution in [2.45, 2.75) is 13.0 Å². The van der Waals surface area contributed by atoms with E-state index < -0.39 is 0 Å². The molecule has 0 spiro atoms. The molecule has 1 amide bonds. The van der Waals surface area contributed by atoms with Crippen molar-refractivity contribution in [3.05, 3.63) is 53.6 Å². The molecule has 0 bridgehead atoms. The van der Waals surface area contributed by atoms with Crippen LogP contribution < -0.4 is 0 Å². The number of aromatic nitrogens is 2. The molecule has 1 aliphatic heterocycles. The number of benzene rings is 1. The van der Waals surface area contributed by atoms with Crippen LogP contribution in [0.15, 0.2) is 36.5 Å². The van der Waals surface area contributed by atoms with Gasteiger partial charge in [-0.3, -0.25) is 4.79 Å². The topological polar surface area (TPSA) is 47.4 Å². The number of carbonyl (C=O) groups is 1. The predicted molar refractivity (Wildman–Crippen MR) is 79.0 cm³/mol. The van der Waals surface area contributed by atoms with Crippen molar-refractivity contribution >= 4 is 5.91 Å². The Kier molecular flexibility index (Phi) is 3.75. The molecule has 0 aliphatic carbocycles. The monoisotopic (exact) mass is 285 g/mol. The molecule has 2 aromatic rings. The van der Waals surface area contributed by atoms with E-state index in [1.54, 1.807) is 0 Å². The third kappa shape index (κ3) is 2.83. The summed E-state index contributed by atoms with van der Waals surface area (Å²) >= 11 is 0. The molecule has 0 saturated carbocycles. The Bertz CT molecular complexity index is 636. The van der Waals surface area contributed by atoms with Gasteiger partial charge in [0.05, 0.1) is 18.8 Å². The third-order valence-corrected chi connectivity index (χ3v) is 3.70. The van der Waals surface area contributed by atoms with Gasteiger partial charge in [-0.15, -0.1) is 0 Å². The number of rotatable bonds is 2. The third-order valence-electron chi connectivity index (χ3n) is 3.70. The zero-order valence-corrected chi connectivity index (χ0v) is 12.3. The second-order valence-corrected chi connectivity index (χ2v) is 5.33. The second-order valence-electron chi connectivity index (χ2n) is 5.33. The number of aryl methyl sites for hydroxylation is 2. The number of amides is 1. The van der Waals surface area contributed by atoms with Gasteiger partial charge in [0.2, 0.25) is 0 Å². The lowest BCUT2D eigenvalue weighted by Crippen LogP contribution is -2.42. The Morgan fingerprint density at radius 3 is 2.76 bits per heavy atom. The Morgan fingerprint density at radius 2 is 2.10 bits per heavy atom. The fraction of sp³-hybridized carbons (Fsp3) is 0.375. The van der Waals surface area contributed by atoms with E-state index in [9.17, 15) is 4.79 Å². The van der Waals surface area contributed by atoms with Crippen LogP contribution in [0.3, 0.4) is 0 Å². The van der Waals surface area contributed by atoms with Crippen LogP contribution in [0.1, 0.15) is 28.0 Å². The fourth-order valence-electron chi connectivity index (χ4n) is 2.69. The molecule has 1 saturated heterocycles. The van der Waals surface area contributed by atoms with Gasteiger partial charge in [-0.2, -0.15) is 0 Å². The van der Waals surface area contributed by atoms with Gasteiger partial charge in [-0.1, -0.05) is 18.2 Å². The van der Waals surface area contributed by atoms with E-state index in [0.29, 0.717) is 25.3 Å². The Morgan fingerprint density at radius 1 is 1.33 bits per heavy atom. The summed E-state index contributed by atoms with van der Waals surface area (Å²) in [5.41, 5.74) is 1.68. The van der Waals surface area contributed by atoms with E-state index in [2.05, 4.69) is 4.98 Å². The Hall–Kier alpha value is -2.14. The molecule has 1 aromatic heterocycles. The predicted octanol–water partition coefficient (Wildman–Crippen LogP) is 1.94. The summed E-state index contributed by atoms with van der Waals surface area (Å²) in [5, 5.41) is 0. The summed E-state index contributed by atoms with van der Waals surface area (Å²) in [4.78, 5) is 18.9. The maximum Gasteiger partial charge on any atom is 0.254 e. The van der Waals surface area contributed by atoms with Gasteiger partial charge in [0.25, 0.3) is 5.91 Å². The molecule has 110 valence electrons. The van der Waals surface area contributed by atoms with Gasteiger partial charge < -0.3 is 14.2 Å². The van der Waals surface area contributed by atoms with E-state index in [-0.39, 0.29) is 12.0 Å². The average Bonchev–Trinajstić information content (AvgIpc) is 2.86. The van der Waals surface area contributed by atoms with Gasteiger partial charge in [0, 0.05) is 25.4 Å². The van der Waals surface area contributed by atoms with Crippen LogP contribution in [0.4, 0.5) is 0 Å². The van der Waals surface area contributed by atoms with E-state index in [4.69, 9.17) is 4.74 Å². The van der Waals surface area contributed by atoms with Crippen molar-refractivity contribution in [2.75, 3.05) is 19.7 Å². The molecule has 1 aliphatic rings. The number of imidazole rings is 1. The minimum atomic E-state index is -0.162. The zero-order valence-electron chi connectivity index (χ0n) is 12.3. The average molecular weight is 285 g/mol. The summed E-state index contributed by atoms with van der Waals surface area (Å²) in [6.07, 6.45) is 1.81. The van der Waals surface area contributed by atoms with Crippen molar-refractivity contribution in [1.82, 2.24) is 14.5 Å². The minimum Gasteiger partial charge on any atom is -0.367 e. The van der Waals surface area contributed by atoms with Gasteiger partial charge in [0.15, 0.2) is 0 Å². The van der Waals surface area contributed by atoms with Crippen LogP contribution in [0.2, 0.25) is 0 Å². The number of nitrogens with zero attached hydrogens (tertiary/aromatic N) is 3. The molecule has 1 fully saturated rings. The zero-order chi connectivity index (χ0) is 14.8. The highest BCUT2D eigenvalue weighted by atomic mass is 16.5. The lowest BCUT2D eigenvalue weighted by Gasteiger charge is -2.32. The van der Waals surface area contributed by atoms with E-state index in [0.717, 1.165) is 11.5 Å². The highest BCUT2D eigenvalue weighted by Crippen LogP contribution is 2.22. The fourth-order valence-corrected chi connectivity index (χ4v) is 2.69. The molecule has 2 heterocycles. The van der Waals surface area contributed by atoms with Gasteiger partial charge >= 0.3 is 0 Å². The molecule has 5 heteroatoms. The van der Waals surface area contributed by atoms with Crippen LogP contribution in [-0.4, -0.2) is 40.1 Å². The van der Waals surface area contributed by atoms with Gasteiger partial charge in [-0.25, -0.2) is 4.98 Å². The molecule has 0 N–H and O–H groups in total. The molecular formula is C16H19N3O2. The summed E-state index contributed by atoms with van der Waals surface area (Å²) in [7, 11) is 1.96. The maximum atomic E-state index is 12.5. The minimum absolute atomic E-state index is 0.0508. The van der Waals surface area contributed by atoms with E-state index in [1.165, 1.54) is 0 Å². The number of hydrogen-bond acceptors (Lipinski definition) is 3. The number of carbonyl (C=O) groups excluding carboxylic acids is 1. The number of ether oxygens (including phenoxy) is 1. The van der Waals surface area contributed by atoms with Crippen molar-refractivity contribution < 1.29 is 9.53 Å². The molecule has 0 radical (unpaired) electrons. The van der Waals surface area contributed by atoms with Gasteiger partial charge in [0.1, 0.15) is 11.9 Å². The van der Waals surface area contributed by atoms with Crippen LogP contribution in [0.5, 0.6) is 0 Å². The summed E-state index contributed by atoms with van der Waals surface area (Å²) in [5.74, 6) is 0.924. The quantitative estimate of drug-likeness (QED) is 0.847. The number of hydrogen-bond donors (Lipinski definition) is 0. The van der Waals surface area contributed by atoms with Crippen LogP contribution in [0.25, 0.3) is 0 Å². The van der Waals surface area contributed by atoms with Gasteiger partial charge in [-0.05, 0) is 19.1 Å². The summed E-state index contributed by atoms with van der Waals surface area (Å²) in [6, 6.07) is 9.37. The van der Waals surface area contributed by atoms with E-state index >= 15 is 0 Å². The highest BCUT2D eigenvalue weighted by Gasteiger charge is 2.28. The highest BCUT2D eigenvalue weighted by molar-refractivity contribution is 5.94. The first-order chi connectivity index (χ1) is 10.1. The van der Waals surface area contributed by atoms with Crippen LogP contribution in [0, 0.1) is 6.92 Å². The number of morpholine rings is 1. The summed E-state index contributed by atoms with van der Waals surface area (Å²) in [6.45, 7) is 3.65. The maximum absolute atomic E-state index is 12.5. The molecule has 0 unspecified atom stereocenters. The molecular weight excluding hydrogens is 266 g/mol. The Balaban J connectivity index is 1.77. The first-order valence-corrected chi connectivity index (χ1v) is 7.11. The standard InChI is InChI=1S/C16H19N3O2/c1-12-10-18(2)15(17-12)14-11-19(8-9-21-14)16(20)13-6-4-3-5-7-13/h3-7,10,14H,8-9,11H2,1-2H3/t14-/m0/s1. The normalized spacial score (nSPS) is 18.8. The lowest BCUT2D eigenvalue weighted by atomic mass is 10.1. The molecule has 1 aromatic carbocycles. The molecule has 5 nitrogen and oxygen atoms in total. The molecule has 3 rings (SSSR count). The van der Waals surface area contributed by atoms with Crippen molar-refractivity contribution in [3.63, 3.8) is 0 Å².